The molecule has 1 aliphatic heterocycles. The predicted molar refractivity (Wildman–Crippen MR) is 59.5 cm³/mol. The molecule has 0 spiro atoms. The van der Waals surface area contributed by atoms with E-state index >= 15 is 0 Å². The number of ether oxygens (including phenoxy) is 2. The minimum absolute atomic E-state index is 0. The molecule has 2 N–H and O–H groups in total. The molecule has 94 valence electrons. The van der Waals surface area contributed by atoms with E-state index in [4.69, 9.17) is 4.74 Å². The van der Waals surface area contributed by atoms with Crippen molar-refractivity contribution in [2.75, 3.05) is 26.8 Å². The molecule has 2 atom stereocenters. The third-order valence-corrected chi connectivity index (χ3v) is 2.13. The zero-order chi connectivity index (χ0) is 11.3. The smallest absolute Gasteiger partial charge is 0.328 e. The van der Waals surface area contributed by atoms with Crippen molar-refractivity contribution in [2.24, 2.45) is 0 Å². The first kappa shape index (κ1) is 15.2. The number of methoxy groups -OCH3 is 1. The number of hydrogen-bond donors (Lipinski definition) is 2. The summed E-state index contributed by atoms with van der Waals surface area (Å²) in [5, 5.41) is 5.55. The molecule has 0 aromatic carbocycles. The lowest BCUT2D eigenvalue weighted by Gasteiger charge is -2.23. The third kappa shape index (κ3) is 4.34. The quantitative estimate of drug-likeness (QED) is 0.635. The SMILES string of the molecule is COC(=O)C(C)NC(=O)[C@@H]1CNCCO1.Cl. The van der Waals surface area contributed by atoms with Crippen LogP contribution >= 0.6 is 12.4 Å². The first-order valence-electron chi connectivity index (χ1n) is 4.85. The minimum atomic E-state index is -0.645. The van der Waals surface area contributed by atoms with Gasteiger partial charge in [0.2, 0.25) is 0 Å². The maximum absolute atomic E-state index is 11.5. The zero-order valence-electron chi connectivity index (χ0n) is 9.32. The second kappa shape index (κ2) is 7.43. The van der Waals surface area contributed by atoms with Crippen LogP contribution < -0.4 is 10.6 Å². The molecule has 0 aromatic heterocycles. The van der Waals surface area contributed by atoms with Crippen molar-refractivity contribution in [1.29, 1.82) is 0 Å². The molecule has 1 fully saturated rings. The Hall–Kier alpha value is -0.850. The van der Waals surface area contributed by atoms with Crippen LogP contribution in [-0.4, -0.2) is 50.8 Å². The summed E-state index contributed by atoms with van der Waals surface area (Å²) in [6, 6.07) is -0.645. The maximum Gasteiger partial charge on any atom is 0.328 e. The lowest BCUT2D eigenvalue weighted by Crippen LogP contribution is -2.51. The van der Waals surface area contributed by atoms with E-state index in [9.17, 15) is 9.59 Å². The van der Waals surface area contributed by atoms with Gasteiger partial charge in [-0.1, -0.05) is 0 Å². The van der Waals surface area contributed by atoms with Crippen LogP contribution in [0.1, 0.15) is 6.92 Å². The number of amides is 1. The summed E-state index contributed by atoms with van der Waals surface area (Å²) in [7, 11) is 1.28. The summed E-state index contributed by atoms with van der Waals surface area (Å²) < 4.78 is 9.72. The number of carbonyl (C=O) groups excluding carboxylic acids is 2. The molecule has 1 amide bonds. The summed E-state index contributed by atoms with van der Waals surface area (Å²) >= 11 is 0. The Labute approximate surface area is 100 Å². The Kier molecular flexibility index (Phi) is 7.03. The first-order valence-corrected chi connectivity index (χ1v) is 4.85. The fourth-order valence-electron chi connectivity index (χ4n) is 1.28. The van der Waals surface area contributed by atoms with Gasteiger partial charge in [-0.2, -0.15) is 0 Å². The van der Waals surface area contributed by atoms with Gasteiger partial charge in [0, 0.05) is 13.1 Å². The summed E-state index contributed by atoms with van der Waals surface area (Å²) in [6.07, 6.45) is -0.522. The molecular formula is C9H17ClN2O4. The van der Waals surface area contributed by atoms with Gasteiger partial charge in [0.1, 0.15) is 12.1 Å². The number of nitrogens with one attached hydrogen (secondary N) is 2. The summed E-state index contributed by atoms with van der Waals surface area (Å²) in [5.74, 6) is -0.757. The Morgan fingerprint density at radius 1 is 1.56 bits per heavy atom. The fourth-order valence-corrected chi connectivity index (χ4v) is 1.28. The Balaban J connectivity index is 0.00000225. The highest BCUT2D eigenvalue weighted by Crippen LogP contribution is 1.97. The molecule has 0 saturated carbocycles. The second-order valence-electron chi connectivity index (χ2n) is 3.32. The molecule has 1 rings (SSSR count). The summed E-state index contributed by atoms with van der Waals surface area (Å²) in [5.41, 5.74) is 0. The van der Waals surface area contributed by atoms with E-state index in [1.165, 1.54) is 7.11 Å². The highest BCUT2D eigenvalue weighted by molar-refractivity contribution is 5.86. The van der Waals surface area contributed by atoms with E-state index < -0.39 is 18.1 Å². The highest BCUT2D eigenvalue weighted by Gasteiger charge is 2.25. The van der Waals surface area contributed by atoms with E-state index in [2.05, 4.69) is 15.4 Å². The molecular weight excluding hydrogens is 236 g/mol. The molecule has 1 aliphatic rings. The van der Waals surface area contributed by atoms with Gasteiger partial charge in [0.15, 0.2) is 0 Å². The van der Waals surface area contributed by atoms with Gasteiger partial charge in [0.05, 0.1) is 13.7 Å². The molecule has 16 heavy (non-hydrogen) atoms. The normalized spacial score (nSPS) is 21.5. The number of esters is 1. The molecule has 0 radical (unpaired) electrons. The standard InChI is InChI=1S/C9H16N2O4.ClH/c1-6(9(13)14-2)11-8(12)7-5-10-3-4-15-7;/h6-7,10H,3-5H2,1-2H3,(H,11,12);1H/t6?,7-;/m0./s1. The molecule has 1 heterocycles. The topological polar surface area (TPSA) is 76.7 Å². The van der Waals surface area contributed by atoms with Crippen molar-refractivity contribution in [2.45, 2.75) is 19.1 Å². The molecule has 7 heteroatoms. The van der Waals surface area contributed by atoms with E-state index in [1.807, 2.05) is 0 Å². The summed E-state index contributed by atoms with van der Waals surface area (Å²) in [6.45, 7) is 3.29. The Morgan fingerprint density at radius 3 is 2.75 bits per heavy atom. The van der Waals surface area contributed by atoms with E-state index in [0.717, 1.165) is 6.54 Å². The average Bonchev–Trinajstić information content (AvgIpc) is 2.29. The number of halogens is 1. The molecule has 0 aliphatic carbocycles. The van der Waals surface area contributed by atoms with Gasteiger partial charge in [-0.05, 0) is 6.92 Å². The van der Waals surface area contributed by atoms with Gasteiger partial charge in [-0.3, -0.25) is 4.79 Å². The molecule has 6 nitrogen and oxygen atoms in total. The lowest BCUT2D eigenvalue weighted by molar-refractivity contribution is -0.146. The molecule has 1 unspecified atom stereocenters. The van der Waals surface area contributed by atoms with Crippen molar-refractivity contribution in [3.8, 4) is 0 Å². The molecule has 0 bridgehead atoms. The van der Waals surface area contributed by atoms with E-state index in [-0.39, 0.29) is 18.3 Å². The zero-order valence-corrected chi connectivity index (χ0v) is 10.1. The maximum atomic E-state index is 11.5. The van der Waals surface area contributed by atoms with Crippen LogP contribution in [-0.2, 0) is 19.1 Å². The predicted octanol–water partition coefficient (Wildman–Crippen LogP) is -0.926. The Morgan fingerprint density at radius 2 is 2.25 bits per heavy atom. The third-order valence-electron chi connectivity index (χ3n) is 2.13. The van der Waals surface area contributed by atoms with Crippen LogP contribution in [0, 0.1) is 0 Å². The van der Waals surface area contributed by atoms with Gasteiger partial charge in [-0.15, -0.1) is 12.4 Å². The van der Waals surface area contributed by atoms with Crippen molar-refractivity contribution in [1.82, 2.24) is 10.6 Å². The van der Waals surface area contributed by atoms with E-state index in [0.29, 0.717) is 13.2 Å². The van der Waals surface area contributed by atoms with Crippen LogP contribution in [0.15, 0.2) is 0 Å². The van der Waals surface area contributed by atoms with Crippen molar-refractivity contribution in [3.63, 3.8) is 0 Å². The van der Waals surface area contributed by atoms with E-state index in [1.54, 1.807) is 6.92 Å². The largest absolute Gasteiger partial charge is 0.467 e. The lowest BCUT2D eigenvalue weighted by atomic mass is 10.2. The number of hydrogen-bond acceptors (Lipinski definition) is 5. The van der Waals surface area contributed by atoms with Crippen molar-refractivity contribution < 1.29 is 19.1 Å². The Bertz CT molecular complexity index is 244. The minimum Gasteiger partial charge on any atom is -0.467 e. The van der Waals surface area contributed by atoms with Gasteiger partial charge in [0.25, 0.3) is 5.91 Å². The first-order chi connectivity index (χ1) is 7.15. The summed E-state index contributed by atoms with van der Waals surface area (Å²) in [4.78, 5) is 22.6. The van der Waals surface area contributed by atoms with Crippen molar-refractivity contribution >= 4 is 24.3 Å². The van der Waals surface area contributed by atoms with Crippen LogP contribution in [0.25, 0.3) is 0 Å². The second-order valence-corrected chi connectivity index (χ2v) is 3.32. The number of rotatable bonds is 3. The van der Waals surface area contributed by atoms with Gasteiger partial charge < -0.3 is 20.1 Å². The van der Waals surface area contributed by atoms with Gasteiger partial charge in [-0.25, -0.2) is 4.79 Å². The molecule has 0 aromatic rings. The fraction of sp³-hybridized carbons (Fsp3) is 0.778. The monoisotopic (exact) mass is 252 g/mol. The average molecular weight is 253 g/mol. The highest BCUT2D eigenvalue weighted by atomic mass is 35.5. The number of morpholine rings is 1. The van der Waals surface area contributed by atoms with Crippen LogP contribution in [0.5, 0.6) is 0 Å². The number of carbonyl (C=O) groups is 2. The van der Waals surface area contributed by atoms with Crippen LogP contribution in [0.2, 0.25) is 0 Å². The van der Waals surface area contributed by atoms with Crippen LogP contribution in [0.3, 0.4) is 0 Å². The molecule has 1 saturated heterocycles. The van der Waals surface area contributed by atoms with Crippen LogP contribution in [0.4, 0.5) is 0 Å². The van der Waals surface area contributed by atoms with Gasteiger partial charge >= 0.3 is 5.97 Å². The van der Waals surface area contributed by atoms with Crippen molar-refractivity contribution in [3.05, 3.63) is 0 Å².